The van der Waals surface area contributed by atoms with E-state index in [1.807, 2.05) is 36.4 Å². The van der Waals surface area contributed by atoms with Crippen molar-refractivity contribution in [1.82, 2.24) is 0 Å². The van der Waals surface area contributed by atoms with Gasteiger partial charge in [-0.1, -0.05) is 118 Å². The molecule has 0 aromatic heterocycles. The van der Waals surface area contributed by atoms with E-state index in [4.69, 9.17) is 9.16 Å². The maximum absolute atomic E-state index is 11.3. The van der Waals surface area contributed by atoms with E-state index in [9.17, 15) is 5.11 Å². The Morgan fingerprint density at radius 2 is 1.47 bits per heavy atom. The molecule has 1 aliphatic heterocycles. The predicted molar refractivity (Wildman–Crippen MR) is 151 cm³/mol. The third-order valence-corrected chi connectivity index (χ3v) is 12.6. The van der Waals surface area contributed by atoms with Crippen LogP contribution in [0, 0.1) is 11.8 Å². The molecule has 36 heavy (non-hydrogen) atoms. The van der Waals surface area contributed by atoms with E-state index in [0.717, 1.165) is 25.0 Å². The Balaban J connectivity index is 1.67. The number of aliphatic hydroxyl groups is 1. The molecule has 4 heteroatoms. The fourth-order valence-electron chi connectivity index (χ4n) is 5.85. The van der Waals surface area contributed by atoms with Gasteiger partial charge in [0.15, 0.2) is 0 Å². The van der Waals surface area contributed by atoms with Crippen molar-refractivity contribution in [2.24, 2.45) is 11.8 Å². The minimum Gasteiger partial charge on any atom is -0.405 e. The van der Waals surface area contributed by atoms with Gasteiger partial charge in [0.2, 0.25) is 0 Å². The molecule has 3 nitrogen and oxygen atoms in total. The summed E-state index contributed by atoms with van der Waals surface area (Å²) in [7, 11) is -2.67. The van der Waals surface area contributed by atoms with Gasteiger partial charge in [0.1, 0.15) is 0 Å². The highest BCUT2D eigenvalue weighted by Gasteiger charge is 2.51. The second kappa shape index (κ2) is 11.7. The average molecular weight is 501 g/mol. The van der Waals surface area contributed by atoms with E-state index in [2.05, 4.69) is 88.0 Å². The summed E-state index contributed by atoms with van der Waals surface area (Å²) in [5.74, 6) is 0.0186. The zero-order chi connectivity index (χ0) is 25.6. The average Bonchev–Trinajstić information content (AvgIpc) is 2.91. The first-order valence-corrected chi connectivity index (χ1v) is 15.0. The van der Waals surface area contributed by atoms with E-state index < -0.39 is 14.4 Å². The Labute approximate surface area is 217 Å². The second-order valence-electron chi connectivity index (χ2n) is 10.9. The molecule has 0 spiro atoms. The molecule has 1 heterocycles. The summed E-state index contributed by atoms with van der Waals surface area (Å²) >= 11 is 0. The maximum atomic E-state index is 11.3. The summed E-state index contributed by atoms with van der Waals surface area (Å²) in [4.78, 5) is 0. The number of ether oxygens (including phenoxy) is 1. The molecule has 3 aromatic rings. The molecule has 0 aliphatic carbocycles. The zero-order valence-electron chi connectivity index (χ0n) is 21.8. The fraction of sp³-hybridized carbons (Fsp3) is 0.375. The fourth-order valence-corrected chi connectivity index (χ4v) is 10.4. The van der Waals surface area contributed by atoms with Crippen molar-refractivity contribution in [2.75, 3.05) is 13.2 Å². The van der Waals surface area contributed by atoms with Gasteiger partial charge in [0.05, 0.1) is 18.8 Å². The SMILES string of the molecule is C=C[C@H]([C@H]1CCCO[C@@H]1CO[Si](c1ccccc1)(c1ccccc1)C(C)(C)C)[C@@H](O)c1ccccc1. The van der Waals surface area contributed by atoms with Gasteiger partial charge in [0, 0.05) is 12.5 Å². The Hall–Kier alpha value is -2.50. The number of benzene rings is 3. The minimum atomic E-state index is -2.67. The molecule has 0 unspecified atom stereocenters. The molecule has 0 bridgehead atoms. The lowest BCUT2D eigenvalue weighted by Crippen LogP contribution is -2.67. The Morgan fingerprint density at radius 1 is 0.944 bits per heavy atom. The summed E-state index contributed by atoms with van der Waals surface area (Å²) in [5.41, 5.74) is 0.916. The van der Waals surface area contributed by atoms with Gasteiger partial charge in [-0.2, -0.15) is 0 Å². The van der Waals surface area contributed by atoms with Crippen LogP contribution in [0.15, 0.2) is 104 Å². The van der Waals surface area contributed by atoms with Crippen molar-refractivity contribution in [2.45, 2.75) is 50.9 Å². The molecule has 1 N–H and O–H groups in total. The summed E-state index contributed by atoms with van der Waals surface area (Å²) in [6.45, 7) is 12.2. The standard InChI is InChI=1S/C32H40O3Si/c1-5-28(31(33)25-16-9-6-10-17-25)29-22-15-23-34-30(29)24-35-36(32(2,3)4,26-18-11-7-12-19-26)27-20-13-8-14-21-27/h5-14,16-21,28-31,33H,1,15,22-24H2,2-4H3/t28-,29-,30-,31+/m1/s1. The number of rotatable bonds is 9. The molecule has 0 saturated carbocycles. The van der Waals surface area contributed by atoms with Gasteiger partial charge in [-0.15, -0.1) is 6.58 Å². The molecule has 1 aliphatic rings. The molecule has 3 aromatic carbocycles. The largest absolute Gasteiger partial charge is 0.405 e. The van der Waals surface area contributed by atoms with Gasteiger partial charge in [-0.25, -0.2) is 0 Å². The molecule has 1 fully saturated rings. The van der Waals surface area contributed by atoms with Crippen molar-refractivity contribution in [3.8, 4) is 0 Å². The molecular weight excluding hydrogens is 460 g/mol. The molecule has 1 saturated heterocycles. The van der Waals surface area contributed by atoms with Crippen molar-refractivity contribution < 1.29 is 14.3 Å². The molecule has 190 valence electrons. The van der Waals surface area contributed by atoms with E-state index in [-0.39, 0.29) is 23.0 Å². The first-order valence-electron chi connectivity index (χ1n) is 13.1. The van der Waals surface area contributed by atoms with Gasteiger partial charge in [0.25, 0.3) is 8.32 Å². The van der Waals surface area contributed by atoms with Crippen molar-refractivity contribution >= 4 is 18.7 Å². The van der Waals surface area contributed by atoms with Crippen LogP contribution >= 0.6 is 0 Å². The van der Waals surface area contributed by atoms with Gasteiger partial charge < -0.3 is 14.3 Å². The van der Waals surface area contributed by atoms with E-state index in [0.29, 0.717) is 6.61 Å². The third kappa shape index (κ3) is 5.42. The monoisotopic (exact) mass is 500 g/mol. The Kier molecular flexibility index (Phi) is 8.63. The first-order chi connectivity index (χ1) is 17.4. The molecule has 4 atom stereocenters. The summed E-state index contributed by atoms with van der Waals surface area (Å²) in [5, 5.41) is 13.7. The number of aliphatic hydroxyl groups excluding tert-OH is 1. The summed E-state index contributed by atoms with van der Waals surface area (Å²) in [6, 6.07) is 31.3. The molecule has 0 radical (unpaired) electrons. The van der Waals surface area contributed by atoms with Crippen LogP contribution in [-0.2, 0) is 9.16 Å². The quantitative estimate of drug-likeness (QED) is 0.294. The first kappa shape index (κ1) is 26.6. The minimum absolute atomic E-state index is 0.0960. The molecular formula is C32H40O3Si. The highest BCUT2D eigenvalue weighted by molar-refractivity contribution is 6.99. The van der Waals surface area contributed by atoms with Crippen LogP contribution in [0.5, 0.6) is 0 Å². The molecule has 0 amide bonds. The van der Waals surface area contributed by atoms with Crippen LogP contribution in [-0.4, -0.2) is 32.7 Å². The summed E-state index contributed by atoms with van der Waals surface area (Å²) in [6.07, 6.45) is 3.14. The topological polar surface area (TPSA) is 38.7 Å². The lowest BCUT2D eigenvalue weighted by atomic mass is 9.78. The van der Waals surface area contributed by atoms with Crippen molar-refractivity contribution in [3.63, 3.8) is 0 Å². The predicted octanol–water partition coefficient (Wildman–Crippen LogP) is 5.89. The molecule has 4 rings (SSSR count). The van der Waals surface area contributed by atoms with E-state index >= 15 is 0 Å². The Morgan fingerprint density at radius 3 is 1.97 bits per heavy atom. The van der Waals surface area contributed by atoms with Crippen molar-refractivity contribution in [3.05, 3.63) is 109 Å². The maximum Gasteiger partial charge on any atom is 0.261 e. The van der Waals surface area contributed by atoms with Gasteiger partial charge >= 0.3 is 0 Å². The van der Waals surface area contributed by atoms with Crippen molar-refractivity contribution in [1.29, 1.82) is 0 Å². The number of hydrogen-bond donors (Lipinski definition) is 1. The highest BCUT2D eigenvalue weighted by Crippen LogP contribution is 2.40. The lowest BCUT2D eigenvalue weighted by Gasteiger charge is -2.45. The second-order valence-corrected chi connectivity index (χ2v) is 15.2. The van der Waals surface area contributed by atoms with E-state index in [1.54, 1.807) is 0 Å². The normalized spacial score (nSPS) is 20.4. The van der Waals surface area contributed by atoms with Gasteiger partial charge in [-0.05, 0) is 39.7 Å². The third-order valence-electron chi connectivity index (χ3n) is 7.64. The smallest absolute Gasteiger partial charge is 0.261 e. The Bertz CT molecular complexity index is 1040. The van der Waals surface area contributed by atoms with Crippen LogP contribution in [0.2, 0.25) is 5.04 Å². The summed E-state index contributed by atoms with van der Waals surface area (Å²) < 4.78 is 13.6. The van der Waals surface area contributed by atoms with Crippen LogP contribution < -0.4 is 10.4 Å². The number of hydrogen-bond acceptors (Lipinski definition) is 3. The lowest BCUT2D eigenvalue weighted by molar-refractivity contribution is -0.0792. The van der Waals surface area contributed by atoms with E-state index in [1.165, 1.54) is 10.4 Å². The van der Waals surface area contributed by atoms with Crippen LogP contribution in [0.4, 0.5) is 0 Å². The van der Waals surface area contributed by atoms with Crippen LogP contribution in [0.3, 0.4) is 0 Å². The van der Waals surface area contributed by atoms with Crippen LogP contribution in [0.25, 0.3) is 0 Å². The highest BCUT2D eigenvalue weighted by atomic mass is 28.4. The zero-order valence-corrected chi connectivity index (χ0v) is 22.8. The van der Waals surface area contributed by atoms with Gasteiger partial charge in [-0.3, -0.25) is 0 Å². The van der Waals surface area contributed by atoms with Crippen LogP contribution in [0.1, 0.15) is 45.3 Å².